The second-order valence-electron chi connectivity index (χ2n) is 6.78. The Bertz CT molecular complexity index is 543. The second-order valence-corrected chi connectivity index (χ2v) is 6.78. The molecular weight excluding hydrogens is 278 g/mol. The predicted molar refractivity (Wildman–Crippen MR) is 87.9 cm³/mol. The fraction of sp³-hybridized carbons (Fsp3) is 0.529. The molecule has 1 aliphatic heterocycles. The van der Waals surface area contributed by atoms with Crippen molar-refractivity contribution in [2.24, 2.45) is 0 Å². The minimum atomic E-state index is -0.289. The summed E-state index contributed by atoms with van der Waals surface area (Å²) in [6, 6.07) is 6.90. The van der Waals surface area contributed by atoms with Crippen LogP contribution in [0.3, 0.4) is 0 Å². The van der Waals surface area contributed by atoms with Gasteiger partial charge in [-0.3, -0.25) is 9.59 Å². The monoisotopic (exact) mass is 303 g/mol. The first-order valence-electron chi connectivity index (χ1n) is 7.82. The van der Waals surface area contributed by atoms with Gasteiger partial charge in [-0.25, -0.2) is 0 Å². The van der Waals surface area contributed by atoms with Crippen molar-refractivity contribution in [3.63, 3.8) is 0 Å². The molecule has 1 aromatic rings. The van der Waals surface area contributed by atoms with E-state index in [4.69, 9.17) is 0 Å². The number of hydrogen-bond donors (Lipinski definition) is 3. The summed E-state index contributed by atoms with van der Waals surface area (Å²) in [5, 5.41) is 9.02. The minimum Gasteiger partial charge on any atom is -0.347 e. The lowest BCUT2D eigenvalue weighted by molar-refractivity contribution is -0.118. The molecule has 0 spiro atoms. The van der Waals surface area contributed by atoms with Crippen LogP contribution < -0.4 is 16.0 Å². The Balaban J connectivity index is 2.01. The molecule has 1 aliphatic rings. The van der Waals surface area contributed by atoms with Crippen molar-refractivity contribution in [3.05, 3.63) is 29.8 Å². The fourth-order valence-electron chi connectivity index (χ4n) is 2.46. The molecular formula is C17H25N3O2. The summed E-state index contributed by atoms with van der Waals surface area (Å²) in [5.74, 6) is -0.174. The minimum absolute atomic E-state index is 0.0342. The van der Waals surface area contributed by atoms with Gasteiger partial charge in [0.2, 0.25) is 5.91 Å². The van der Waals surface area contributed by atoms with E-state index >= 15 is 0 Å². The SMILES string of the molecule is CC(C)(C)NC(=O)c1cccc(NC(=O)C2CCCCN2)c1. The van der Waals surface area contributed by atoms with Crippen LogP contribution in [0.1, 0.15) is 50.4 Å². The Morgan fingerprint density at radius 3 is 2.64 bits per heavy atom. The normalized spacial score (nSPS) is 18.6. The maximum Gasteiger partial charge on any atom is 0.251 e. The van der Waals surface area contributed by atoms with E-state index in [1.807, 2.05) is 20.8 Å². The highest BCUT2D eigenvalue weighted by Gasteiger charge is 2.21. The molecule has 5 heteroatoms. The summed E-state index contributed by atoms with van der Waals surface area (Å²) in [7, 11) is 0. The van der Waals surface area contributed by atoms with Gasteiger partial charge in [0, 0.05) is 16.8 Å². The third-order valence-corrected chi connectivity index (χ3v) is 3.51. The van der Waals surface area contributed by atoms with E-state index in [9.17, 15) is 9.59 Å². The van der Waals surface area contributed by atoms with Gasteiger partial charge in [0.1, 0.15) is 0 Å². The van der Waals surface area contributed by atoms with Crippen LogP contribution in [0.2, 0.25) is 0 Å². The molecule has 0 saturated carbocycles. The van der Waals surface area contributed by atoms with E-state index in [1.165, 1.54) is 0 Å². The van der Waals surface area contributed by atoms with Gasteiger partial charge in [-0.05, 0) is 58.4 Å². The molecule has 2 rings (SSSR count). The predicted octanol–water partition coefficient (Wildman–Crippen LogP) is 2.30. The fourth-order valence-corrected chi connectivity index (χ4v) is 2.46. The zero-order chi connectivity index (χ0) is 16.2. The van der Waals surface area contributed by atoms with Crippen LogP contribution in [-0.2, 0) is 4.79 Å². The number of nitrogens with one attached hydrogen (secondary N) is 3. The lowest BCUT2D eigenvalue weighted by atomic mass is 10.0. The molecule has 0 aliphatic carbocycles. The molecule has 0 radical (unpaired) electrons. The van der Waals surface area contributed by atoms with Crippen molar-refractivity contribution in [2.75, 3.05) is 11.9 Å². The van der Waals surface area contributed by atoms with Crippen molar-refractivity contribution in [1.82, 2.24) is 10.6 Å². The van der Waals surface area contributed by atoms with Gasteiger partial charge in [0.15, 0.2) is 0 Å². The Morgan fingerprint density at radius 1 is 1.23 bits per heavy atom. The molecule has 0 bridgehead atoms. The summed E-state index contributed by atoms with van der Waals surface area (Å²) < 4.78 is 0. The average Bonchev–Trinajstić information content (AvgIpc) is 2.46. The first-order chi connectivity index (χ1) is 10.3. The molecule has 1 heterocycles. The van der Waals surface area contributed by atoms with Gasteiger partial charge < -0.3 is 16.0 Å². The molecule has 1 fully saturated rings. The third kappa shape index (κ3) is 4.84. The Labute approximate surface area is 131 Å². The van der Waals surface area contributed by atoms with E-state index in [2.05, 4.69) is 16.0 Å². The van der Waals surface area contributed by atoms with Crippen molar-refractivity contribution in [2.45, 2.75) is 51.6 Å². The smallest absolute Gasteiger partial charge is 0.251 e. The number of piperidine rings is 1. The van der Waals surface area contributed by atoms with Crippen LogP contribution in [0.15, 0.2) is 24.3 Å². The zero-order valence-electron chi connectivity index (χ0n) is 13.5. The number of benzene rings is 1. The standard InChI is InChI=1S/C17H25N3O2/c1-17(2,3)20-15(21)12-7-6-8-13(11-12)19-16(22)14-9-4-5-10-18-14/h6-8,11,14,18H,4-5,9-10H2,1-3H3,(H,19,22)(H,20,21). The molecule has 2 amide bonds. The van der Waals surface area contributed by atoms with Crippen molar-refractivity contribution >= 4 is 17.5 Å². The van der Waals surface area contributed by atoms with Crippen molar-refractivity contribution in [3.8, 4) is 0 Å². The topological polar surface area (TPSA) is 70.2 Å². The number of hydrogen-bond acceptors (Lipinski definition) is 3. The highest BCUT2D eigenvalue weighted by molar-refractivity contribution is 5.98. The number of carbonyl (C=O) groups excluding carboxylic acids is 2. The zero-order valence-corrected chi connectivity index (χ0v) is 13.5. The highest BCUT2D eigenvalue weighted by atomic mass is 16.2. The lowest BCUT2D eigenvalue weighted by Crippen LogP contribution is -2.43. The highest BCUT2D eigenvalue weighted by Crippen LogP contribution is 2.14. The third-order valence-electron chi connectivity index (χ3n) is 3.51. The van der Waals surface area contributed by atoms with Gasteiger partial charge in [-0.1, -0.05) is 12.5 Å². The largest absolute Gasteiger partial charge is 0.347 e. The van der Waals surface area contributed by atoms with E-state index < -0.39 is 0 Å². The van der Waals surface area contributed by atoms with Crippen LogP contribution in [0, 0.1) is 0 Å². The van der Waals surface area contributed by atoms with E-state index in [0.717, 1.165) is 25.8 Å². The van der Waals surface area contributed by atoms with Gasteiger partial charge >= 0.3 is 0 Å². The number of amides is 2. The second kappa shape index (κ2) is 6.92. The molecule has 1 saturated heterocycles. The average molecular weight is 303 g/mol. The lowest BCUT2D eigenvalue weighted by Gasteiger charge is -2.23. The quantitative estimate of drug-likeness (QED) is 0.802. The maximum atomic E-state index is 12.2. The van der Waals surface area contributed by atoms with Crippen molar-refractivity contribution in [1.29, 1.82) is 0 Å². The number of carbonyl (C=O) groups is 2. The molecule has 1 atom stereocenters. The van der Waals surface area contributed by atoms with Crippen LogP contribution in [-0.4, -0.2) is 29.9 Å². The van der Waals surface area contributed by atoms with E-state index in [-0.39, 0.29) is 23.4 Å². The summed E-state index contributed by atoms with van der Waals surface area (Å²) >= 11 is 0. The van der Waals surface area contributed by atoms with E-state index in [0.29, 0.717) is 11.3 Å². The Morgan fingerprint density at radius 2 is 2.00 bits per heavy atom. The molecule has 3 N–H and O–H groups in total. The van der Waals surface area contributed by atoms with Crippen LogP contribution in [0.5, 0.6) is 0 Å². The van der Waals surface area contributed by atoms with Crippen LogP contribution in [0.4, 0.5) is 5.69 Å². The van der Waals surface area contributed by atoms with Gasteiger partial charge in [0.25, 0.3) is 5.91 Å². The molecule has 22 heavy (non-hydrogen) atoms. The van der Waals surface area contributed by atoms with Crippen LogP contribution in [0.25, 0.3) is 0 Å². The summed E-state index contributed by atoms with van der Waals surface area (Å²) in [4.78, 5) is 24.4. The summed E-state index contributed by atoms with van der Waals surface area (Å²) in [6.07, 6.45) is 3.04. The Kier molecular flexibility index (Phi) is 5.19. The number of rotatable bonds is 3. The molecule has 120 valence electrons. The molecule has 5 nitrogen and oxygen atoms in total. The number of anilines is 1. The molecule has 1 aromatic carbocycles. The summed E-state index contributed by atoms with van der Waals surface area (Å²) in [5.41, 5.74) is 0.908. The van der Waals surface area contributed by atoms with Gasteiger partial charge in [-0.15, -0.1) is 0 Å². The maximum absolute atomic E-state index is 12.2. The summed E-state index contributed by atoms with van der Waals surface area (Å²) in [6.45, 7) is 6.69. The molecule has 1 unspecified atom stereocenters. The van der Waals surface area contributed by atoms with Crippen LogP contribution >= 0.6 is 0 Å². The first kappa shape index (κ1) is 16.5. The van der Waals surface area contributed by atoms with Gasteiger partial charge in [0.05, 0.1) is 6.04 Å². The van der Waals surface area contributed by atoms with E-state index in [1.54, 1.807) is 24.3 Å². The first-order valence-corrected chi connectivity index (χ1v) is 7.82. The Hall–Kier alpha value is -1.88. The van der Waals surface area contributed by atoms with Gasteiger partial charge in [-0.2, -0.15) is 0 Å². The van der Waals surface area contributed by atoms with Crippen molar-refractivity contribution < 1.29 is 9.59 Å². The molecule has 0 aromatic heterocycles.